The van der Waals surface area contributed by atoms with Gasteiger partial charge >= 0.3 is 0 Å². The SMILES string of the molecule is CC[C@@H](C(=O)NC1CCCC1)N(Cc1ccc(F)cc1)C(=O)CN(c1ccc(Cl)c(Cl)c1)S(C)(=O)=O. The van der Waals surface area contributed by atoms with Crippen LogP contribution in [0.4, 0.5) is 10.1 Å². The van der Waals surface area contributed by atoms with Gasteiger partial charge in [0.2, 0.25) is 21.8 Å². The summed E-state index contributed by atoms with van der Waals surface area (Å²) in [4.78, 5) is 28.2. The quantitative estimate of drug-likeness (QED) is 0.456. The molecule has 7 nitrogen and oxygen atoms in total. The third kappa shape index (κ3) is 7.33. The van der Waals surface area contributed by atoms with E-state index in [0.717, 1.165) is 36.2 Å². The van der Waals surface area contributed by atoms with Crippen LogP contribution < -0.4 is 9.62 Å². The molecule has 0 bridgehead atoms. The molecular weight excluding hydrogens is 528 g/mol. The molecule has 11 heteroatoms. The number of nitrogens with one attached hydrogen (secondary N) is 1. The first-order chi connectivity index (χ1) is 17.0. The van der Waals surface area contributed by atoms with E-state index in [1.54, 1.807) is 6.92 Å². The number of anilines is 1. The molecule has 1 fully saturated rings. The number of halogens is 3. The predicted octanol–water partition coefficient (Wildman–Crippen LogP) is 4.76. The molecule has 0 saturated heterocycles. The van der Waals surface area contributed by atoms with E-state index in [-0.39, 0.29) is 34.2 Å². The molecule has 0 aliphatic heterocycles. The molecule has 1 saturated carbocycles. The number of carbonyl (C=O) groups excluding carboxylic acids is 2. The maximum atomic E-state index is 13.6. The van der Waals surface area contributed by atoms with E-state index < -0.39 is 34.3 Å². The Kier molecular flexibility index (Phi) is 9.60. The predicted molar refractivity (Wildman–Crippen MR) is 140 cm³/mol. The zero-order chi connectivity index (χ0) is 26.5. The van der Waals surface area contributed by atoms with Gasteiger partial charge in [0.05, 0.1) is 22.0 Å². The summed E-state index contributed by atoms with van der Waals surface area (Å²) in [7, 11) is -3.89. The van der Waals surface area contributed by atoms with Crippen molar-refractivity contribution in [3.63, 3.8) is 0 Å². The number of benzene rings is 2. The lowest BCUT2D eigenvalue weighted by atomic mass is 10.1. The minimum absolute atomic E-state index is 0.00861. The van der Waals surface area contributed by atoms with Crippen molar-refractivity contribution in [3.05, 3.63) is 63.9 Å². The van der Waals surface area contributed by atoms with E-state index in [9.17, 15) is 22.4 Å². The summed E-state index contributed by atoms with van der Waals surface area (Å²) in [6.45, 7) is 1.25. The van der Waals surface area contributed by atoms with Crippen LogP contribution in [0.25, 0.3) is 0 Å². The van der Waals surface area contributed by atoms with Crippen molar-refractivity contribution in [1.29, 1.82) is 0 Å². The standard InChI is InChI=1S/C25H30Cl2FN3O4S/c1-3-23(25(33)29-19-6-4-5-7-19)30(15-17-8-10-18(28)11-9-17)24(32)16-31(36(2,34)35)20-12-13-21(26)22(27)14-20/h8-14,19,23H,3-7,15-16H2,1-2H3,(H,29,33)/t23-/m0/s1. The average Bonchev–Trinajstić information content (AvgIpc) is 3.32. The van der Waals surface area contributed by atoms with Gasteiger partial charge in [-0.1, -0.05) is 55.1 Å². The van der Waals surface area contributed by atoms with Crippen LogP contribution in [-0.4, -0.2) is 50.0 Å². The number of amides is 2. The largest absolute Gasteiger partial charge is 0.352 e. The second-order valence-corrected chi connectivity index (χ2v) is 11.7. The minimum Gasteiger partial charge on any atom is -0.352 e. The highest BCUT2D eigenvalue weighted by molar-refractivity contribution is 7.92. The zero-order valence-corrected chi connectivity index (χ0v) is 22.5. The Labute approximate surface area is 221 Å². The fourth-order valence-electron chi connectivity index (χ4n) is 4.33. The van der Waals surface area contributed by atoms with Crippen molar-refractivity contribution >= 4 is 50.7 Å². The zero-order valence-electron chi connectivity index (χ0n) is 20.2. The number of carbonyl (C=O) groups is 2. The first-order valence-electron chi connectivity index (χ1n) is 11.8. The number of sulfonamides is 1. The number of hydrogen-bond acceptors (Lipinski definition) is 4. The Bertz CT molecular complexity index is 1190. The van der Waals surface area contributed by atoms with E-state index in [2.05, 4.69) is 5.32 Å². The summed E-state index contributed by atoms with van der Waals surface area (Å²) >= 11 is 12.1. The smallest absolute Gasteiger partial charge is 0.244 e. The highest BCUT2D eigenvalue weighted by Crippen LogP contribution is 2.29. The van der Waals surface area contributed by atoms with Gasteiger partial charge in [-0.15, -0.1) is 0 Å². The molecule has 1 N–H and O–H groups in total. The van der Waals surface area contributed by atoms with E-state index in [1.165, 1.54) is 47.4 Å². The van der Waals surface area contributed by atoms with Crippen LogP contribution >= 0.6 is 23.2 Å². The van der Waals surface area contributed by atoms with E-state index >= 15 is 0 Å². The monoisotopic (exact) mass is 557 g/mol. The highest BCUT2D eigenvalue weighted by atomic mass is 35.5. The van der Waals surface area contributed by atoms with Gasteiger partial charge in [-0.2, -0.15) is 0 Å². The van der Waals surface area contributed by atoms with Crippen molar-refractivity contribution in [1.82, 2.24) is 10.2 Å². The third-order valence-corrected chi connectivity index (χ3v) is 8.10. The minimum atomic E-state index is -3.89. The van der Waals surface area contributed by atoms with Crippen molar-refractivity contribution in [2.24, 2.45) is 0 Å². The van der Waals surface area contributed by atoms with Gasteiger partial charge in [0.1, 0.15) is 18.4 Å². The van der Waals surface area contributed by atoms with Gasteiger partial charge in [-0.05, 0) is 55.2 Å². The molecule has 3 rings (SSSR count). The van der Waals surface area contributed by atoms with Gasteiger partial charge < -0.3 is 10.2 Å². The molecule has 0 spiro atoms. The van der Waals surface area contributed by atoms with Gasteiger partial charge in [0, 0.05) is 12.6 Å². The van der Waals surface area contributed by atoms with Crippen LogP contribution in [0.1, 0.15) is 44.6 Å². The number of hydrogen-bond donors (Lipinski definition) is 1. The molecule has 36 heavy (non-hydrogen) atoms. The van der Waals surface area contributed by atoms with Crippen LogP contribution in [0.5, 0.6) is 0 Å². The topological polar surface area (TPSA) is 86.8 Å². The van der Waals surface area contributed by atoms with Gasteiger partial charge in [0.15, 0.2) is 0 Å². The summed E-state index contributed by atoms with van der Waals surface area (Å²) in [5.41, 5.74) is 0.780. The lowest BCUT2D eigenvalue weighted by Gasteiger charge is -2.33. The third-order valence-electron chi connectivity index (χ3n) is 6.22. The van der Waals surface area contributed by atoms with E-state index in [4.69, 9.17) is 23.2 Å². The summed E-state index contributed by atoms with van der Waals surface area (Å²) in [6, 6.07) is 9.10. The summed E-state index contributed by atoms with van der Waals surface area (Å²) in [5.74, 6) is -1.30. The average molecular weight is 559 g/mol. The fourth-order valence-corrected chi connectivity index (χ4v) is 5.46. The Morgan fingerprint density at radius 1 is 1.08 bits per heavy atom. The Morgan fingerprint density at radius 3 is 2.28 bits per heavy atom. The molecule has 0 aromatic heterocycles. The Hall–Kier alpha value is -2.36. The van der Waals surface area contributed by atoms with E-state index in [0.29, 0.717) is 12.0 Å². The molecule has 1 atom stereocenters. The van der Waals surface area contributed by atoms with Crippen LogP contribution in [0.3, 0.4) is 0 Å². The molecule has 196 valence electrons. The first kappa shape index (κ1) is 28.2. The van der Waals surface area contributed by atoms with E-state index in [1.807, 2.05) is 0 Å². The summed E-state index contributed by atoms with van der Waals surface area (Å²) in [5, 5.41) is 3.42. The molecular formula is C25H30Cl2FN3O4S. The van der Waals surface area contributed by atoms with Crippen LogP contribution in [-0.2, 0) is 26.2 Å². The lowest BCUT2D eigenvalue weighted by molar-refractivity contribution is -0.140. The number of rotatable bonds is 10. The molecule has 1 aliphatic rings. The van der Waals surface area contributed by atoms with Gasteiger partial charge in [-0.25, -0.2) is 12.8 Å². The molecule has 2 aromatic rings. The van der Waals surface area contributed by atoms with Crippen LogP contribution in [0, 0.1) is 5.82 Å². The Morgan fingerprint density at radius 2 is 1.72 bits per heavy atom. The summed E-state index contributed by atoms with van der Waals surface area (Å²) < 4.78 is 39.7. The fraction of sp³-hybridized carbons (Fsp3) is 0.440. The lowest BCUT2D eigenvalue weighted by Crippen LogP contribution is -2.53. The second kappa shape index (κ2) is 12.3. The molecule has 0 radical (unpaired) electrons. The maximum Gasteiger partial charge on any atom is 0.244 e. The molecule has 1 aliphatic carbocycles. The highest BCUT2D eigenvalue weighted by Gasteiger charge is 2.33. The van der Waals surface area contributed by atoms with Gasteiger partial charge in [-0.3, -0.25) is 13.9 Å². The van der Waals surface area contributed by atoms with Crippen molar-refractivity contribution in [3.8, 4) is 0 Å². The summed E-state index contributed by atoms with van der Waals surface area (Å²) in [6.07, 6.45) is 5.13. The van der Waals surface area contributed by atoms with Crippen LogP contribution in [0.15, 0.2) is 42.5 Å². The number of nitrogens with zero attached hydrogens (tertiary/aromatic N) is 2. The van der Waals surface area contributed by atoms with Gasteiger partial charge in [0.25, 0.3) is 0 Å². The van der Waals surface area contributed by atoms with Crippen molar-refractivity contribution in [2.75, 3.05) is 17.1 Å². The molecule has 2 amide bonds. The van der Waals surface area contributed by atoms with Crippen LogP contribution in [0.2, 0.25) is 10.0 Å². The second-order valence-electron chi connectivity index (χ2n) is 8.93. The molecule has 0 unspecified atom stereocenters. The normalized spacial score (nSPS) is 14.9. The molecule has 2 aromatic carbocycles. The van der Waals surface area contributed by atoms with Crippen molar-refractivity contribution < 1.29 is 22.4 Å². The Balaban J connectivity index is 1.92. The van der Waals surface area contributed by atoms with Crippen molar-refractivity contribution in [2.45, 2.75) is 57.7 Å². The first-order valence-corrected chi connectivity index (χ1v) is 14.4. The maximum absolute atomic E-state index is 13.6. The molecule has 0 heterocycles.